The number of pyridine rings is 1. The molecule has 0 aliphatic heterocycles. The maximum Gasteiger partial charge on any atom is 0.573 e. The molecule has 1 aromatic rings. The number of hydrogen-bond donors (Lipinski definition) is 0. The Morgan fingerprint density at radius 3 is 2.20 bits per heavy atom. The number of nitrogens with zero attached hydrogens (tertiary/aromatic N) is 1. The normalized spacial score (nSPS) is 12.4. The Morgan fingerprint density at radius 1 is 1.30 bits per heavy atom. The molecule has 0 bridgehead atoms. The van der Waals surface area contributed by atoms with Crippen molar-refractivity contribution in [1.82, 2.24) is 4.98 Å². The van der Waals surface area contributed by atoms with E-state index >= 15 is 0 Å². The van der Waals surface area contributed by atoms with E-state index in [0.717, 1.165) is 0 Å². The Hall–Kier alpha value is -1.03. The maximum atomic E-state index is 12.7. The number of aromatic nitrogens is 1. The standard InChI is InChI=1S/C9H3BrClF6NO2/c10-2-5-6(20-9(15,16)17)3(8(12,13)14)1-4(18-5)7(11)19/h1H,2H2. The van der Waals surface area contributed by atoms with Gasteiger partial charge in [0.25, 0.3) is 5.24 Å². The summed E-state index contributed by atoms with van der Waals surface area (Å²) in [5.74, 6) is -1.52. The molecule has 0 aliphatic rings. The zero-order chi connectivity index (χ0) is 15.7. The van der Waals surface area contributed by atoms with Crippen LogP contribution < -0.4 is 4.74 Å². The molecular formula is C9H3BrClF6NO2. The molecule has 0 saturated carbocycles. The summed E-state index contributed by atoms with van der Waals surface area (Å²) in [6.45, 7) is 0. The highest BCUT2D eigenvalue weighted by atomic mass is 79.9. The topological polar surface area (TPSA) is 39.2 Å². The van der Waals surface area contributed by atoms with Crippen LogP contribution in [0.15, 0.2) is 6.07 Å². The lowest BCUT2D eigenvalue weighted by atomic mass is 10.1. The minimum absolute atomic E-state index is 0.0998. The van der Waals surface area contributed by atoms with Crippen LogP contribution in [-0.4, -0.2) is 16.6 Å². The van der Waals surface area contributed by atoms with Gasteiger partial charge in [0.2, 0.25) is 0 Å². The SMILES string of the molecule is O=C(Cl)c1cc(C(F)(F)F)c(OC(F)(F)F)c(CBr)n1. The first kappa shape index (κ1) is 17.0. The monoisotopic (exact) mass is 385 g/mol. The highest BCUT2D eigenvalue weighted by Gasteiger charge is 2.41. The summed E-state index contributed by atoms with van der Waals surface area (Å²) in [7, 11) is 0. The second kappa shape index (κ2) is 5.76. The Kier molecular flexibility index (Phi) is 4.90. The molecule has 0 aromatic carbocycles. The van der Waals surface area contributed by atoms with Crippen molar-refractivity contribution in [3.05, 3.63) is 23.0 Å². The van der Waals surface area contributed by atoms with E-state index in [1.165, 1.54) is 0 Å². The van der Waals surface area contributed by atoms with Crippen LogP contribution in [0, 0.1) is 0 Å². The summed E-state index contributed by atoms with van der Waals surface area (Å²) < 4.78 is 78.0. The highest BCUT2D eigenvalue weighted by molar-refractivity contribution is 9.08. The molecule has 0 saturated heterocycles. The van der Waals surface area contributed by atoms with Crippen LogP contribution in [0.2, 0.25) is 0 Å². The smallest absolute Gasteiger partial charge is 0.403 e. The summed E-state index contributed by atoms with van der Waals surface area (Å²) in [5, 5.41) is -1.84. The van der Waals surface area contributed by atoms with E-state index < -0.39 is 45.8 Å². The Balaban J connectivity index is 3.57. The summed E-state index contributed by atoms with van der Waals surface area (Å²) in [6.07, 6.45) is -10.5. The lowest BCUT2D eigenvalue weighted by molar-refractivity contribution is -0.276. The number of carbonyl (C=O) groups is 1. The van der Waals surface area contributed by atoms with Gasteiger partial charge in [0, 0.05) is 5.33 Å². The van der Waals surface area contributed by atoms with Gasteiger partial charge < -0.3 is 4.74 Å². The summed E-state index contributed by atoms with van der Waals surface area (Å²) in [5.41, 5.74) is -3.37. The molecule has 0 fully saturated rings. The van der Waals surface area contributed by atoms with Crippen LogP contribution in [0.4, 0.5) is 26.3 Å². The molecular weight excluding hydrogens is 383 g/mol. The fraction of sp³-hybridized carbons (Fsp3) is 0.333. The molecule has 3 nitrogen and oxygen atoms in total. The maximum absolute atomic E-state index is 12.7. The van der Waals surface area contributed by atoms with Gasteiger partial charge in [0.15, 0.2) is 5.75 Å². The molecule has 0 amide bonds. The zero-order valence-corrected chi connectivity index (χ0v) is 11.4. The molecule has 11 heteroatoms. The van der Waals surface area contributed by atoms with Gasteiger partial charge in [-0.3, -0.25) is 4.79 Å². The van der Waals surface area contributed by atoms with Crippen molar-refractivity contribution in [1.29, 1.82) is 0 Å². The highest BCUT2D eigenvalue weighted by Crippen LogP contribution is 2.41. The van der Waals surface area contributed by atoms with Crippen LogP contribution in [0.5, 0.6) is 5.75 Å². The molecule has 1 aromatic heterocycles. The zero-order valence-electron chi connectivity index (χ0n) is 9.07. The third kappa shape index (κ3) is 4.23. The Labute approximate surface area is 121 Å². The van der Waals surface area contributed by atoms with E-state index in [4.69, 9.17) is 11.6 Å². The van der Waals surface area contributed by atoms with Gasteiger partial charge in [-0.1, -0.05) is 15.9 Å². The van der Waals surface area contributed by atoms with Gasteiger partial charge >= 0.3 is 12.5 Å². The van der Waals surface area contributed by atoms with Gasteiger partial charge in [-0.05, 0) is 17.7 Å². The van der Waals surface area contributed by atoms with Crippen molar-refractivity contribution in [2.45, 2.75) is 17.9 Å². The molecule has 20 heavy (non-hydrogen) atoms. The number of alkyl halides is 7. The molecule has 1 heterocycles. The Morgan fingerprint density at radius 2 is 1.85 bits per heavy atom. The predicted octanol–water partition coefficient (Wildman–Crippen LogP) is 4.27. The quantitative estimate of drug-likeness (QED) is 0.442. The van der Waals surface area contributed by atoms with Crippen LogP contribution in [0.1, 0.15) is 21.7 Å². The lowest BCUT2D eigenvalue weighted by Crippen LogP contribution is -2.22. The lowest BCUT2D eigenvalue weighted by Gasteiger charge is -2.18. The third-order valence-electron chi connectivity index (χ3n) is 1.89. The number of hydrogen-bond acceptors (Lipinski definition) is 3. The van der Waals surface area contributed by atoms with Crippen molar-refractivity contribution in [2.75, 3.05) is 0 Å². The van der Waals surface area contributed by atoms with Gasteiger partial charge in [-0.2, -0.15) is 13.2 Å². The van der Waals surface area contributed by atoms with Crippen molar-refractivity contribution >= 4 is 32.8 Å². The third-order valence-corrected chi connectivity index (χ3v) is 2.62. The first-order valence-electron chi connectivity index (χ1n) is 4.58. The summed E-state index contributed by atoms with van der Waals surface area (Å²) in [4.78, 5) is 14.1. The van der Waals surface area contributed by atoms with Crippen molar-refractivity contribution < 1.29 is 35.9 Å². The summed E-state index contributed by atoms with van der Waals surface area (Å²) >= 11 is 7.66. The number of ether oxygens (including phenoxy) is 1. The average molecular weight is 386 g/mol. The molecule has 112 valence electrons. The molecule has 1 rings (SSSR count). The fourth-order valence-corrected chi connectivity index (χ4v) is 1.69. The van der Waals surface area contributed by atoms with E-state index in [1.54, 1.807) is 0 Å². The molecule has 0 spiro atoms. The molecule has 0 radical (unpaired) electrons. The molecule has 0 aliphatic carbocycles. The van der Waals surface area contributed by atoms with Crippen molar-refractivity contribution in [3.8, 4) is 5.75 Å². The van der Waals surface area contributed by atoms with E-state index in [0.29, 0.717) is 0 Å². The number of rotatable bonds is 3. The van der Waals surface area contributed by atoms with E-state index in [9.17, 15) is 31.1 Å². The van der Waals surface area contributed by atoms with Crippen molar-refractivity contribution in [3.63, 3.8) is 0 Å². The predicted molar refractivity (Wildman–Crippen MR) is 58.7 cm³/mol. The van der Waals surface area contributed by atoms with Gasteiger partial charge in [0.05, 0.1) is 5.69 Å². The first-order valence-corrected chi connectivity index (χ1v) is 6.08. The first-order chi connectivity index (χ1) is 8.95. The van der Waals surface area contributed by atoms with Gasteiger partial charge in [-0.25, -0.2) is 4.98 Å². The van der Waals surface area contributed by atoms with Gasteiger partial charge in [0.1, 0.15) is 11.3 Å². The van der Waals surface area contributed by atoms with E-state index in [1.807, 2.05) is 0 Å². The van der Waals surface area contributed by atoms with Crippen LogP contribution in [0.3, 0.4) is 0 Å². The number of carbonyl (C=O) groups excluding carboxylic acids is 1. The molecule has 0 atom stereocenters. The molecule has 0 N–H and O–H groups in total. The van der Waals surface area contributed by atoms with Crippen LogP contribution in [0.25, 0.3) is 0 Å². The average Bonchev–Trinajstić information content (AvgIpc) is 2.25. The second-order valence-corrected chi connectivity index (χ2v) is 4.19. The Bertz CT molecular complexity index is 530. The minimum atomic E-state index is -5.34. The second-order valence-electron chi connectivity index (χ2n) is 3.28. The van der Waals surface area contributed by atoms with Crippen molar-refractivity contribution in [2.24, 2.45) is 0 Å². The van der Waals surface area contributed by atoms with Gasteiger partial charge in [-0.15, -0.1) is 13.2 Å². The van der Waals surface area contributed by atoms with Crippen LogP contribution >= 0.6 is 27.5 Å². The number of halogens is 8. The fourth-order valence-electron chi connectivity index (χ4n) is 1.22. The van der Waals surface area contributed by atoms with Crippen LogP contribution in [-0.2, 0) is 11.5 Å². The van der Waals surface area contributed by atoms with E-state index in [2.05, 4.69) is 25.7 Å². The summed E-state index contributed by atoms with van der Waals surface area (Å²) in [6, 6.07) is 0.0998. The van der Waals surface area contributed by atoms with E-state index in [-0.39, 0.29) is 6.07 Å². The largest absolute Gasteiger partial charge is 0.573 e. The molecule has 0 unspecified atom stereocenters. The minimum Gasteiger partial charge on any atom is -0.403 e.